The Morgan fingerprint density at radius 2 is 1.62 bits per heavy atom. The number of hydrogen-bond acceptors (Lipinski definition) is 6. The number of hydrogen-bond donors (Lipinski definition) is 0. The molecule has 29 heavy (non-hydrogen) atoms. The van der Waals surface area contributed by atoms with Crippen LogP contribution in [0.5, 0.6) is 17.2 Å². The van der Waals surface area contributed by atoms with E-state index in [2.05, 4.69) is 5.16 Å². The number of benzene rings is 2. The van der Waals surface area contributed by atoms with Gasteiger partial charge < -0.3 is 19.0 Å². The normalized spacial score (nSPS) is 11.8. The molecule has 9 heteroatoms. The highest BCUT2D eigenvalue weighted by atomic mass is 19.4. The number of halogens is 3. The van der Waals surface area contributed by atoms with Crippen molar-refractivity contribution >= 4 is 11.7 Å². The Morgan fingerprint density at radius 1 is 1.00 bits per heavy atom. The van der Waals surface area contributed by atoms with Gasteiger partial charge in [0.25, 0.3) is 0 Å². The van der Waals surface area contributed by atoms with Crippen LogP contribution in [0.3, 0.4) is 0 Å². The van der Waals surface area contributed by atoms with E-state index in [1.165, 1.54) is 45.6 Å². The van der Waals surface area contributed by atoms with Crippen molar-refractivity contribution in [1.82, 2.24) is 0 Å². The van der Waals surface area contributed by atoms with Crippen molar-refractivity contribution in [2.24, 2.45) is 5.16 Å². The van der Waals surface area contributed by atoms with Crippen LogP contribution >= 0.6 is 0 Å². The predicted octanol–water partition coefficient (Wildman–Crippen LogP) is 4.51. The van der Waals surface area contributed by atoms with Gasteiger partial charge in [-0.1, -0.05) is 23.4 Å². The number of nitrogens with zero attached hydrogens (tertiary/aromatic N) is 1. The summed E-state index contributed by atoms with van der Waals surface area (Å²) in [7, 11) is 4.24. The molecule has 6 nitrogen and oxygen atoms in total. The molecule has 2 aromatic carbocycles. The predicted molar refractivity (Wildman–Crippen MR) is 99.8 cm³/mol. The highest BCUT2D eigenvalue weighted by Gasteiger charge is 2.30. The van der Waals surface area contributed by atoms with E-state index < -0.39 is 17.7 Å². The molecule has 0 aliphatic rings. The third kappa shape index (κ3) is 5.63. The maximum Gasteiger partial charge on any atom is 0.416 e. The minimum Gasteiger partial charge on any atom is -0.493 e. The average molecular weight is 411 g/mol. The minimum absolute atomic E-state index is 0.0897. The minimum atomic E-state index is -4.43. The molecule has 0 heterocycles. The molecule has 0 atom stereocenters. The lowest BCUT2D eigenvalue weighted by molar-refractivity contribution is -0.137. The molecule has 0 amide bonds. The van der Waals surface area contributed by atoms with Crippen molar-refractivity contribution in [2.45, 2.75) is 19.5 Å². The topological polar surface area (TPSA) is 66.4 Å². The summed E-state index contributed by atoms with van der Waals surface area (Å²) in [4.78, 5) is 17.2. The lowest BCUT2D eigenvalue weighted by Crippen LogP contribution is -2.08. The second-order valence-electron chi connectivity index (χ2n) is 5.99. The van der Waals surface area contributed by atoms with Crippen LogP contribution in [0.2, 0.25) is 0 Å². The third-order valence-corrected chi connectivity index (χ3v) is 3.90. The maximum atomic E-state index is 12.8. The van der Waals surface area contributed by atoms with E-state index in [1.807, 2.05) is 0 Å². The van der Waals surface area contributed by atoms with Crippen molar-refractivity contribution < 1.29 is 37.0 Å². The van der Waals surface area contributed by atoms with Crippen molar-refractivity contribution in [3.63, 3.8) is 0 Å². The molecule has 0 aromatic heterocycles. The van der Waals surface area contributed by atoms with Gasteiger partial charge in [-0.3, -0.25) is 0 Å². The quantitative estimate of drug-likeness (QED) is 0.381. The molecule has 0 radical (unpaired) electrons. The first-order valence-electron chi connectivity index (χ1n) is 8.40. The van der Waals surface area contributed by atoms with Crippen LogP contribution in [0.4, 0.5) is 13.2 Å². The van der Waals surface area contributed by atoms with Crippen LogP contribution in [-0.4, -0.2) is 33.0 Å². The van der Waals surface area contributed by atoms with Gasteiger partial charge in [0.15, 0.2) is 11.5 Å². The standard InChI is InChI=1S/C20H20F3NO5/c1-12(8-13-6-5-7-15(9-13)20(21,22)23)24-29-19(25)14-10-16(26-2)18(28-4)17(11-14)27-3/h5-7,9-11H,8H2,1-4H3/b24-12+. The third-order valence-electron chi connectivity index (χ3n) is 3.90. The molecule has 0 fully saturated rings. The van der Waals surface area contributed by atoms with Crippen LogP contribution in [0.25, 0.3) is 0 Å². The first-order valence-corrected chi connectivity index (χ1v) is 8.40. The molecule has 0 saturated heterocycles. The van der Waals surface area contributed by atoms with Gasteiger partial charge in [-0.2, -0.15) is 13.2 Å². The first kappa shape index (κ1) is 22.1. The van der Waals surface area contributed by atoms with Gasteiger partial charge in [-0.25, -0.2) is 4.79 Å². The summed E-state index contributed by atoms with van der Waals surface area (Å²) in [5.41, 5.74) is 0.0716. The highest BCUT2D eigenvalue weighted by Crippen LogP contribution is 2.38. The Balaban J connectivity index is 2.14. The molecule has 0 spiro atoms. The molecule has 0 saturated carbocycles. The summed E-state index contributed by atoms with van der Waals surface area (Å²) in [5.74, 6) is 0.0651. The van der Waals surface area contributed by atoms with Gasteiger partial charge in [0.1, 0.15) is 0 Å². The zero-order chi connectivity index (χ0) is 21.6. The molecule has 0 N–H and O–H groups in total. The molecule has 0 aliphatic heterocycles. The van der Waals surface area contributed by atoms with E-state index in [0.717, 1.165) is 12.1 Å². The van der Waals surface area contributed by atoms with E-state index in [9.17, 15) is 18.0 Å². The van der Waals surface area contributed by atoms with E-state index in [-0.39, 0.29) is 23.5 Å². The van der Waals surface area contributed by atoms with Crippen molar-refractivity contribution in [3.05, 3.63) is 53.1 Å². The Morgan fingerprint density at radius 3 is 2.14 bits per heavy atom. The van der Waals surface area contributed by atoms with Crippen LogP contribution in [0.1, 0.15) is 28.4 Å². The molecule has 2 aromatic rings. The van der Waals surface area contributed by atoms with E-state index in [4.69, 9.17) is 19.0 Å². The summed E-state index contributed by atoms with van der Waals surface area (Å²) in [6.07, 6.45) is -4.34. The van der Waals surface area contributed by atoms with E-state index >= 15 is 0 Å². The van der Waals surface area contributed by atoms with Crippen LogP contribution in [-0.2, 0) is 17.4 Å². The summed E-state index contributed by atoms with van der Waals surface area (Å²) in [5, 5.41) is 3.71. The molecule has 156 valence electrons. The monoisotopic (exact) mass is 411 g/mol. The number of carbonyl (C=O) groups is 1. The highest BCUT2D eigenvalue weighted by molar-refractivity contribution is 5.92. The summed E-state index contributed by atoms with van der Waals surface area (Å²) < 4.78 is 53.9. The van der Waals surface area contributed by atoms with Gasteiger partial charge in [-0.15, -0.1) is 0 Å². The molecule has 0 aliphatic carbocycles. The zero-order valence-electron chi connectivity index (χ0n) is 16.3. The van der Waals surface area contributed by atoms with Gasteiger partial charge in [0.2, 0.25) is 5.75 Å². The van der Waals surface area contributed by atoms with Crippen molar-refractivity contribution in [1.29, 1.82) is 0 Å². The number of ether oxygens (including phenoxy) is 3. The van der Waals surface area contributed by atoms with Gasteiger partial charge in [0, 0.05) is 6.42 Å². The molecule has 0 bridgehead atoms. The molecule has 2 rings (SSSR count). The van der Waals surface area contributed by atoms with Gasteiger partial charge >= 0.3 is 12.1 Å². The molecule has 0 unspecified atom stereocenters. The smallest absolute Gasteiger partial charge is 0.416 e. The first-order chi connectivity index (χ1) is 13.7. The Hall–Kier alpha value is -3.23. The number of oxime groups is 1. The second-order valence-corrected chi connectivity index (χ2v) is 5.99. The van der Waals surface area contributed by atoms with Gasteiger partial charge in [-0.05, 0) is 30.7 Å². The Labute approximate surface area is 165 Å². The lowest BCUT2D eigenvalue weighted by Gasteiger charge is -2.13. The summed E-state index contributed by atoms with van der Waals surface area (Å²) in [6, 6.07) is 7.67. The van der Waals surface area contributed by atoms with Gasteiger partial charge in [0.05, 0.1) is 38.2 Å². The van der Waals surface area contributed by atoms with Crippen LogP contribution in [0, 0.1) is 0 Å². The number of alkyl halides is 3. The van der Waals surface area contributed by atoms with Crippen LogP contribution < -0.4 is 14.2 Å². The van der Waals surface area contributed by atoms with Crippen molar-refractivity contribution in [2.75, 3.05) is 21.3 Å². The fraction of sp³-hybridized carbons (Fsp3) is 0.300. The van der Waals surface area contributed by atoms with E-state index in [0.29, 0.717) is 17.0 Å². The fourth-order valence-corrected chi connectivity index (χ4v) is 2.56. The number of carbonyl (C=O) groups excluding carboxylic acids is 1. The average Bonchev–Trinajstić information content (AvgIpc) is 2.70. The SMILES string of the molecule is COc1cc(C(=O)O/N=C(\C)Cc2cccc(C(F)(F)F)c2)cc(OC)c1OC. The Kier molecular flexibility index (Phi) is 7.08. The number of rotatable bonds is 7. The maximum absolute atomic E-state index is 12.8. The molecular weight excluding hydrogens is 391 g/mol. The fourth-order valence-electron chi connectivity index (χ4n) is 2.56. The van der Waals surface area contributed by atoms with E-state index in [1.54, 1.807) is 6.92 Å². The Bertz CT molecular complexity index is 884. The number of methoxy groups -OCH3 is 3. The van der Waals surface area contributed by atoms with Crippen molar-refractivity contribution in [3.8, 4) is 17.2 Å². The lowest BCUT2D eigenvalue weighted by atomic mass is 10.1. The zero-order valence-corrected chi connectivity index (χ0v) is 16.3. The second kappa shape index (κ2) is 9.31. The summed E-state index contributed by atoms with van der Waals surface area (Å²) in [6.45, 7) is 1.54. The largest absolute Gasteiger partial charge is 0.493 e. The summed E-state index contributed by atoms with van der Waals surface area (Å²) >= 11 is 0. The van der Waals surface area contributed by atoms with Crippen LogP contribution in [0.15, 0.2) is 41.6 Å². The molecular formula is C20H20F3NO5.